The van der Waals surface area contributed by atoms with Crippen molar-refractivity contribution in [3.05, 3.63) is 70.2 Å². The van der Waals surface area contributed by atoms with Crippen molar-refractivity contribution in [3.8, 4) is 5.75 Å². The molecule has 25 heavy (non-hydrogen) atoms. The predicted molar refractivity (Wildman–Crippen MR) is 100 cm³/mol. The molecular formula is C20H20N2O2S. The smallest absolute Gasteiger partial charge is 0.265 e. The maximum Gasteiger partial charge on any atom is 0.265 e. The van der Waals surface area contributed by atoms with Gasteiger partial charge in [-0.3, -0.25) is 4.79 Å². The molecule has 4 rings (SSSR count). The number of amides is 1. The topological polar surface area (TPSA) is 45.3 Å². The molecule has 0 fully saturated rings. The number of aromatic nitrogens is 1. The molecule has 0 bridgehead atoms. The van der Waals surface area contributed by atoms with Gasteiger partial charge in [-0.2, -0.15) is 0 Å². The molecule has 1 aliphatic carbocycles. The third-order valence-corrected chi connectivity index (χ3v) is 5.38. The Hall–Kier alpha value is -2.53. The number of carbonyl (C=O) groups excluding carboxylic acids is 1. The first-order valence-electron chi connectivity index (χ1n) is 8.50. The average molecular weight is 352 g/mol. The molecule has 3 aromatic rings. The number of ether oxygens (including phenoxy) is 1. The van der Waals surface area contributed by atoms with Crippen molar-refractivity contribution in [2.45, 2.75) is 25.8 Å². The van der Waals surface area contributed by atoms with Gasteiger partial charge in [0.05, 0.1) is 12.2 Å². The van der Waals surface area contributed by atoms with E-state index in [1.54, 1.807) is 16.2 Å². The molecular weight excluding hydrogens is 332 g/mol. The summed E-state index contributed by atoms with van der Waals surface area (Å²) in [5.41, 5.74) is 3.62. The Morgan fingerprint density at radius 1 is 1.20 bits per heavy atom. The highest BCUT2D eigenvalue weighted by molar-refractivity contribution is 7.09. The number of nitrogens with one attached hydrogen (secondary N) is 1. The van der Waals surface area contributed by atoms with Crippen LogP contribution in [-0.4, -0.2) is 17.5 Å². The van der Waals surface area contributed by atoms with Crippen LogP contribution >= 0.6 is 11.3 Å². The molecule has 0 spiro atoms. The lowest BCUT2D eigenvalue weighted by Crippen LogP contribution is -2.34. The highest BCUT2D eigenvalue weighted by Gasteiger charge is 2.18. The van der Waals surface area contributed by atoms with Gasteiger partial charge in [0.1, 0.15) is 5.75 Å². The van der Waals surface area contributed by atoms with E-state index in [4.69, 9.17) is 4.74 Å². The summed E-state index contributed by atoms with van der Waals surface area (Å²) >= 11 is 1.65. The van der Waals surface area contributed by atoms with Gasteiger partial charge >= 0.3 is 0 Å². The summed E-state index contributed by atoms with van der Waals surface area (Å²) in [5, 5.41) is 2.02. The van der Waals surface area contributed by atoms with E-state index in [1.165, 1.54) is 17.5 Å². The van der Waals surface area contributed by atoms with Gasteiger partial charge in [-0.05, 0) is 60.0 Å². The zero-order chi connectivity index (χ0) is 17.1. The van der Waals surface area contributed by atoms with Gasteiger partial charge in [-0.1, -0.05) is 12.1 Å². The van der Waals surface area contributed by atoms with E-state index in [-0.39, 0.29) is 12.5 Å². The number of H-pyrrole nitrogens is 1. The summed E-state index contributed by atoms with van der Waals surface area (Å²) < 4.78 is 5.79. The highest BCUT2D eigenvalue weighted by Crippen LogP contribution is 2.26. The van der Waals surface area contributed by atoms with E-state index in [0.29, 0.717) is 6.54 Å². The van der Waals surface area contributed by atoms with E-state index in [1.807, 2.05) is 42.0 Å². The minimum atomic E-state index is -0.0477. The zero-order valence-corrected chi connectivity index (χ0v) is 14.7. The Morgan fingerprint density at radius 2 is 2.12 bits per heavy atom. The third-order valence-electron chi connectivity index (χ3n) is 4.52. The molecule has 0 radical (unpaired) electrons. The first-order valence-corrected chi connectivity index (χ1v) is 9.38. The second kappa shape index (κ2) is 7.15. The van der Waals surface area contributed by atoms with E-state index >= 15 is 0 Å². The van der Waals surface area contributed by atoms with Gasteiger partial charge in [0.25, 0.3) is 5.91 Å². The Labute approximate surface area is 151 Å². The van der Waals surface area contributed by atoms with Crippen LogP contribution in [0, 0.1) is 0 Å². The Morgan fingerprint density at radius 3 is 2.92 bits per heavy atom. The molecule has 0 unspecified atom stereocenters. The molecule has 1 aliphatic rings. The highest BCUT2D eigenvalue weighted by atomic mass is 32.1. The lowest BCUT2D eigenvalue weighted by Gasteiger charge is -2.21. The van der Waals surface area contributed by atoms with E-state index in [9.17, 15) is 4.79 Å². The maximum atomic E-state index is 12.8. The first kappa shape index (κ1) is 16.0. The molecule has 0 aliphatic heterocycles. The second-order valence-electron chi connectivity index (χ2n) is 6.20. The minimum Gasteiger partial charge on any atom is -0.484 e. The van der Waals surface area contributed by atoms with Crippen molar-refractivity contribution >= 4 is 22.9 Å². The lowest BCUT2D eigenvalue weighted by atomic mass is 10.1. The SMILES string of the molecule is O=C(COc1ccc2c(c1)CCC2)N(Cc1cccs1)c1cc[nH]c1. The molecule has 0 atom stereocenters. The molecule has 5 heteroatoms. The lowest BCUT2D eigenvalue weighted by molar-refractivity contribution is -0.120. The van der Waals surface area contributed by atoms with E-state index in [2.05, 4.69) is 17.1 Å². The summed E-state index contributed by atoms with van der Waals surface area (Å²) in [6, 6.07) is 12.1. The van der Waals surface area contributed by atoms with Crippen LogP contribution in [0.5, 0.6) is 5.75 Å². The molecule has 0 saturated carbocycles. The Balaban J connectivity index is 1.45. The normalized spacial score (nSPS) is 12.8. The molecule has 128 valence electrons. The maximum absolute atomic E-state index is 12.8. The standard InChI is InChI=1S/C20H20N2O2S/c23-20(14-24-18-7-6-15-3-1-4-16(15)11-18)22(17-8-9-21-12-17)13-19-5-2-10-25-19/h2,5-12,21H,1,3-4,13-14H2. The summed E-state index contributed by atoms with van der Waals surface area (Å²) in [4.78, 5) is 18.7. The number of hydrogen-bond donors (Lipinski definition) is 1. The van der Waals surface area contributed by atoms with Crippen LogP contribution in [0.4, 0.5) is 5.69 Å². The summed E-state index contributed by atoms with van der Waals surface area (Å²) in [7, 11) is 0. The molecule has 1 aromatic carbocycles. The van der Waals surface area contributed by atoms with Crippen LogP contribution in [0.15, 0.2) is 54.2 Å². The van der Waals surface area contributed by atoms with Gasteiger partial charge in [-0.15, -0.1) is 11.3 Å². The van der Waals surface area contributed by atoms with Crippen LogP contribution in [0.1, 0.15) is 22.4 Å². The molecule has 2 heterocycles. The van der Waals surface area contributed by atoms with Gasteiger partial charge in [-0.25, -0.2) is 0 Å². The van der Waals surface area contributed by atoms with Crippen molar-refractivity contribution in [1.82, 2.24) is 4.98 Å². The first-order chi connectivity index (χ1) is 12.3. The number of thiophene rings is 1. The van der Waals surface area contributed by atoms with Gasteiger partial charge in [0.15, 0.2) is 6.61 Å². The number of benzene rings is 1. The van der Waals surface area contributed by atoms with Crippen LogP contribution in [-0.2, 0) is 24.2 Å². The van der Waals surface area contributed by atoms with E-state index in [0.717, 1.165) is 29.2 Å². The van der Waals surface area contributed by atoms with Gasteiger partial charge < -0.3 is 14.6 Å². The Bertz CT molecular complexity index is 841. The number of anilines is 1. The fraction of sp³-hybridized carbons (Fsp3) is 0.250. The molecule has 1 amide bonds. The van der Waals surface area contributed by atoms with Crippen molar-refractivity contribution in [1.29, 1.82) is 0 Å². The number of aryl methyl sites for hydroxylation is 2. The summed E-state index contributed by atoms with van der Waals surface area (Å²) in [5.74, 6) is 0.729. The van der Waals surface area contributed by atoms with Crippen molar-refractivity contribution in [2.24, 2.45) is 0 Å². The molecule has 2 aromatic heterocycles. The number of aromatic amines is 1. The van der Waals surface area contributed by atoms with Crippen LogP contribution in [0.25, 0.3) is 0 Å². The number of hydrogen-bond acceptors (Lipinski definition) is 3. The van der Waals surface area contributed by atoms with Crippen LogP contribution in [0.2, 0.25) is 0 Å². The van der Waals surface area contributed by atoms with Crippen molar-refractivity contribution in [3.63, 3.8) is 0 Å². The number of carbonyl (C=O) groups is 1. The van der Waals surface area contributed by atoms with Gasteiger partial charge in [0, 0.05) is 17.3 Å². The number of rotatable bonds is 6. The fourth-order valence-corrected chi connectivity index (χ4v) is 3.92. The molecule has 4 nitrogen and oxygen atoms in total. The number of fused-ring (bicyclic) bond motifs is 1. The summed E-state index contributed by atoms with van der Waals surface area (Å²) in [6.07, 6.45) is 7.12. The van der Waals surface area contributed by atoms with Gasteiger partial charge in [0.2, 0.25) is 0 Å². The molecule has 0 saturated heterocycles. The quantitative estimate of drug-likeness (QED) is 0.723. The second-order valence-corrected chi connectivity index (χ2v) is 7.23. The minimum absolute atomic E-state index is 0.0370. The monoisotopic (exact) mass is 352 g/mol. The van der Waals surface area contributed by atoms with Crippen molar-refractivity contribution in [2.75, 3.05) is 11.5 Å². The van der Waals surface area contributed by atoms with Crippen molar-refractivity contribution < 1.29 is 9.53 Å². The predicted octanol–water partition coefficient (Wildman–Crippen LogP) is 4.18. The summed E-state index contributed by atoms with van der Waals surface area (Å²) in [6.45, 7) is 0.594. The fourth-order valence-electron chi connectivity index (χ4n) is 3.23. The van der Waals surface area contributed by atoms with E-state index < -0.39 is 0 Å². The zero-order valence-electron chi connectivity index (χ0n) is 13.9. The third kappa shape index (κ3) is 3.61. The van der Waals surface area contributed by atoms with Crippen LogP contribution in [0.3, 0.4) is 0 Å². The molecule has 1 N–H and O–H groups in total. The largest absolute Gasteiger partial charge is 0.484 e. The number of nitrogens with zero attached hydrogens (tertiary/aromatic N) is 1. The van der Waals surface area contributed by atoms with Crippen LogP contribution < -0.4 is 9.64 Å². The Kier molecular flexibility index (Phi) is 4.57. The average Bonchev–Trinajstić information content (AvgIpc) is 3.39.